The van der Waals surface area contributed by atoms with Gasteiger partial charge in [-0.15, -0.1) is 0 Å². The van der Waals surface area contributed by atoms with E-state index in [0.29, 0.717) is 17.5 Å². The molecule has 0 saturated carbocycles. The number of para-hydroxylation sites is 5. The van der Waals surface area contributed by atoms with E-state index in [1.165, 1.54) is 21.8 Å². The first-order chi connectivity index (χ1) is 33.7. The van der Waals surface area contributed by atoms with Crippen LogP contribution in [0.4, 0.5) is 0 Å². The van der Waals surface area contributed by atoms with Gasteiger partial charge in [-0.1, -0.05) is 152 Å². The van der Waals surface area contributed by atoms with Crippen molar-refractivity contribution in [3.05, 3.63) is 231 Å². The molecule has 0 N–H and O–H groups in total. The van der Waals surface area contributed by atoms with Crippen LogP contribution in [0, 0.1) is 0 Å². The van der Waals surface area contributed by atoms with Crippen molar-refractivity contribution in [1.82, 2.24) is 38.0 Å². The van der Waals surface area contributed by atoms with Crippen LogP contribution in [0.2, 0.25) is 0 Å². The van der Waals surface area contributed by atoms with E-state index in [9.17, 15) is 0 Å². The van der Waals surface area contributed by atoms with Crippen LogP contribution in [0.25, 0.3) is 123 Å². The smallest absolute Gasteiger partial charge is 0.222 e. The van der Waals surface area contributed by atoms with Gasteiger partial charge < -0.3 is 4.57 Å². The van der Waals surface area contributed by atoms with Crippen molar-refractivity contribution in [1.29, 1.82) is 0 Å². The van der Waals surface area contributed by atoms with Crippen molar-refractivity contribution >= 4 is 60.7 Å². The molecule has 0 aliphatic heterocycles. The molecule has 0 radical (unpaired) electrons. The number of rotatable bonds is 7. The second-order valence-corrected chi connectivity index (χ2v) is 17.2. The number of hydrogen-bond acceptors (Lipinski definition) is 4. The zero-order chi connectivity index (χ0) is 44.7. The predicted octanol–water partition coefficient (Wildman–Crippen LogP) is 14.3. The summed E-state index contributed by atoms with van der Waals surface area (Å²) >= 11 is 0. The first-order valence-electron chi connectivity index (χ1n) is 22.8. The van der Waals surface area contributed by atoms with E-state index in [-0.39, 0.29) is 0 Å². The van der Waals surface area contributed by atoms with Gasteiger partial charge in [-0.3, -0.25) is 13.5 Å². The van der Waals surface area contributed by atoms with E-state index in [1.54, 1.807) is 0 Å². The molecule has 0 unspecified atom stereocenters. The molecule has 0 saturated heterocycles. The number of hydrogen-bond donors (Lipinski definition) is 0. The fraction of sp³-hybridized carbons (Fsp3) is 0. The second kappa shape index (κ2) is 15.1. The van der Waals surface area contributed by atoms with Crippen LogP contribution in [0.5, 0.6) is 0 Å². The highest BCUT2D eigenvalue weighted by Gasteiger charge is 2.25. The molecular weight excluding hydrogens is 833 g/mol. The summed E-state index contributed by atoms with van der Waals surface area (Å²) in [4.78, 5) is 20.8. The summed E-state index contributed by atoms with van der Waals surface area (Å²) in [5.74, 6) is 2.67. The Hall–Kier alpha value is -9.40. The van der Waals surface area contributed by atoms with Crippen molar-refractivity contribution in [3.8, 4) is 62.4 Å². The van der Waals surface area contributed by atoms with E-state index in [1.807, 2.05) is 60.7 Å². The normalized spacial score (nSPS) is 11.8. The lowest BCUT2D eigenvalue weighted by Crippen LogP contribution is -2.01. The molecule has 14 rings (SSSR count). The molecule has 5 heterocycles. The van der Waals surface area contributed by atoms with Crippen molar-refractivity contribution in [2.45, 2.75) is 0 Å². The first kappa shape index (κ1) is 37.9. The molecule has 14 aromatic rings. The first-order valence-corrected chi connectivity index (χ1v) is 22.8. The van der Waals surface area contributed by atoms with E-state index in [2.05, 4.69) is 188 Å². The largest absolute Gasteiger partial charge is 0.309 e. The number of nitrogens with zero attached hydrogens (tertiary/aromatic N) is 8. The summed E-state index contributed by atoms with van der Waals surface area (Å²) in [5, 5.41) is 3.53. The van der Waals surface area contributed by atoms with Crippen LogP contribution in [-0.4, -0.2) is 38.0 Å². The number of benzene rings is 9. The van der Waals surface area contributed by atoms with Gasteiger partial charge in [0.15, 0.2) is 23.1 Å². The zero-order valence-corrected chi connectivity index (χ0v) is 36.5. The quantitative estimate of drug-likeness (QED) is 0.160. The van der Waals surface area contributed by atoms with Gasteiger partial charge in [0.05, 0.1) is 27.6 Å². The van der Waals surface area contributed by atoms with Gasteiger partial charge in [0, 0.05) is 49.9 Å². The second-order valence-electron chi connectivity index (χ2n) is 17.2. The zero-order valence-electron chi connectivity index (χ0n) is 36.5. The minimum Gasteiger partial charge on any atom is -0.309 e. The Kier molecular flexibility index (Phi) is 8.41. The molecular formula is C60H38N8. The van der Waals surface area contributed by atoms with Gasteiger partial charge in [-0.25, -0.2) is 15.0 Å². The molecule has 0 atom stereocenters. The molecule has 0 fully saturated rings. The maximum Gasteiger partial charge on any atom is 0.222 e. The summed E-state index contributed by atoms with van der Waals surface area (Å²) < 4.78 is 9.26. The van der Waals surface area contributed by atoms with Crippen LogP contribution in [0.3, 0.4) is 0 Å². The fourth-order valence-corrected chi connectivity index (χ4v) is 10.2. The highest BCUT2D eigenvalue weighted by atomic mass is 15.2. The average Bonchev–Trinajstić information content (AvgIpc) is 4.14. The number of imidazole rings is 2. The third kappa shape index (κ3) is 5.87. The Morgan fingerprint density at radius 1 is 0.265 bits per heavy atom. The lowest BCUT2D eigenvalue weighted by molar-refractivity contribution is 1.07. The standard InChI is InChI=1S/C60H38N8/c1-5-18-39(19-6-1)56-61-57(40-20-7-2-8-21-40)63-58(62-56)43-22-17-27-46(36-43)66-52-35-33-42(41-32-34-51-48(37-41)47-28-13-14-29-50(47)65(51)44-23-9-3-10-24-44)38-49(52)55-59(66)64-60-67(45-25-11-4-12-26-45)53-30-15-16-31-54(53)68(55)60/h1-38H. The summed E-state index contributed by atoms with van der Waals surface area (Å²) in [6, 6.07) is 80.9. The van der Waals surface area contributed by atoms with Gasteiger partial charge in [0.1, 0.15) is 5.52 Å². The van der Waals surface area contributed by atoms with E-state index < -0.39 is 0 Å². The van der Waals surface area contributed by atoms with Crippen LogP contribution in [-0.2, 0) is 0 Å². The minimum absolute atomic E-state index is 0.593. The summed E-state index contributed by atoms with van der Waals surface area (Å²) in [7, 11) is 0. The van der Waals surface area contributed by atoms with Gasteiger partial charge in [-0.05, 0) is 90.0 Å². The van der Waals surface area contributed by atoms with E-state index >= 15 is 0 Å². The van der Waals surface area contributed by atoms with Gasteiger partial charge >= 0.3 is 0 Å². The number of aromatic nitrogens is 8. The Bertz CT molecular complexity index is 4180. The summed E-state index contributed by atoms with van der Waals surface area (Å²) in [6.45, 7) is 0. The molecule has 0 amide bonds. The van der Waals surface area contributed by atoms with Crippen molar-refractivity contribution in [2.24, 2.45) is 0 Å². The molecule has 8 nitrogen and oxygen atoms in total. The monoisotopic (exact) mass is 870 g/mol. The van der Waals surface area contributed by atoms with E-state index in [0.717, 1.165) is 83.8 Å². The maximum absolute atomic E-state index is 5.61. The lowest BCUT2D eigenvalue weighted by atomic mass is 10.0. The van der Waals surface area contributed by atoms with Crippen molar-refractivity contribution in [2.75, 3.05) is 0 Å². The molecule has 5 aromatic heterocycles. The Labute approximate surface area is 389 Å². The minimum atomic E-state index is 0.593. The number of fused-ring (bicyclic) bond motifs is 10. The topological polar surface area (TPSA) is 70.8 Å². The van der Waals surface area contributed by atoms with Gasteiger partial charge in [-0.2, -0.15) is 4.98 Å². The Morgan fingerprint density at radius 2 is 0.735 bits per heavy atom. The third-order valence-corrected chi connectivity index (χ3v) is 13.2. The lowest BCUT2D eigenvalue weighted by Gasteiger charge is -2.11. The molecule has 0 aliphatic carbocycles. The molecule has 9 aromatic carbocycles. The molecule has 8 heteroatoms. The van der Waals surface area contributed by atoms with Crippen LogP contribution < -0.4 is 0 Å². The fourth-order valence-electron chi connectivity index (χ4n) is 10.2. The van der Waals surface area contributed by atoms with Crippen LogP contribution >= 0.6 is 0 Å². The average molecular weight is 871 g/mol. The molecule has 318 valence electrons. The van der Waals surface area contributed by atoms with Crippen LogP contribution in [0.15, 0.2) is 231 Å². The van der Waals surface area contributed by atoms with Crippen LogP contribution in [0.1, 0.15) is 0 Å². The molecule has 0 aliphatic rings. The summed E-state index contributed by atoms with van der Waals surface area (Å²) in [5.41, 5.74) is 15.6. The molecule has 68 heavy (non-hydrogen) atoms. The van der Waals surface area contributed by atoms with Crippen molar-refractivity contribution in [3.63, 3.8) is 0 Å². The van der Waals surface area contributed by atoms with Crippen molar-refractivity contribution < 1.29 is 0 Å². The predicted molar refractivity (Wildman–Crippen MR) is 276 cm³/mol. The van der Waals surface area contributed by atoms with Gasteiger partial charge in [0.2, 0.25) is 5.78 Å². The Morgan fingerprint density at radius 3 is 1.38 bits per heavy atom. The maximum atomic E-state index is 5.61. The Balaban J connectivity index is 1.01. The summed E-state index contributed by atoms with van der Waals surface area (Å²) in [6.07, 6.45) is 0. The molecule has 0 spiro atoms. The molecule has 0 bridgehead atoms. The highest BCUT2D eigenvalue weighted by molar-refractivity contribution is 6.13. The third-order valence-electron chi connectivity index (χ3n) is 13.2. The SMILES string of the molecule is c1ccc(-c2nc(-c3ccccc3)nc(-c3cccc(-n4c5ccc(-c6ccc7c(c6)c6ccccc6n7-c6ccccc6)cc5c5c4nc4n(-c6ccccc6)c6ccccc6n54)c3)n2)cc1. The van der Waals surface area contributed by atoms with E-state index in [4.69, 9.17) is 19.9 Å². The highest BCUT2D eigenvalue weighted by Crippen LogP contribution is 2.41. The van der Waals surface area contributed by atoms with Gasteiger partial charge in [0.25, 0.3) is 0 Å².